The Kier molecular flexibility index (Phi) is 13.6. The summed E-state index contributed by atoms with van der Waals surface area (Å²) in [5.74, 6) is 0.586. The fourth-order valence-corrected chi connectivity index (χ4v) is 1.84. The van der Waals surface area contributed by atoms with Crippen molar-refractivity contribution in [2.75, 3.05) is 27.1 Å². The number of methoxy groups -OCH3 is 1. The highest BCUT2D eigenvalue weighted by Gasteiger charge is 2.25. The first-order chi connectivity index (χ1) is 10.8. The first kappa shape index (κ1) is 20.6. The van der Waals surface area contributed by atoms with Crippen molar-refractivity contribution in [3.05, 3.63) is 54.6 Å². The number of benzene rings is 1. The molecule has 1 saturated heterocycles. The maximum absolute atomic E-state index is 5.07. The molecule has 0 bridgehead atoms. The second-order valence-electron chi connectivity index (χ2n) is 4.61. The van der Waals surface area contributed by atoms with Crippen molar-refractivity contribution in [2.45, 2.75) is 26.8 Å². The van der Waals surface area contributed by atoms with Crippen LogP contribution in [0.2, 0.25) is 0 Å². The van der Waals surface area contributed by atoms with Crippen molar-refractivity contribution in [1.29, 1.82) is 0 Å². The lowest BCUT2D eigenvalue weighted by Crippen LogP contribution is -2.45. The van der Waals surface area contributed by atoms with E-state index in [4.69, 9.17) is 9.47 Å². The quantitative estimate of drug-likeness (QED) is 0.625. The normalized spacial score (nSPS) is 14.9. The van der Waals surface area contributed by atoms with Gasteiger partial charge in [-0.2, -0.15) is 0 Å². The van der Waals surface area contributed by atoms with Gasteiger partial charge in [0.05, 0.1) is 19.9 Å². The molecule has 0 aliphatic carbocycles. The van der Waals surface area contributed by atoms with Crippen LogP contribution in [-0.2, 0) is 9.47 Å². The molecule has 0 aromatic heterocycles. The van der Waals surface area contributed by atoms with E-state index in [2.05, 4.69) is 30.1 Å². The molecule has 1 aliphatic rings. The zero-order chi connectivity index (χ0) is 16.6. The van der Waals surface area contributed by atoms with Crippen LogP contribution in [-0.4, -0.2) is 33.1 Å². The molecule has 0 saturated carbocycles. The summed E-state index contributed by atoms with van der Waals surface area (Å²) in [5, 5.41) is 3.20. The third kappa shape index (κ3) is 8.78. The average molecular weight is 307 g/mol. The van der Waals surface area contributed by atoms with Crippen LogP contribution in [0, 0.1) is 5.92 Å². The second kappa shape index (κ2) is 14.5. The maximum atomic E-state index is 5.07. The predicted molar refractivity (Wildman–Crippen MR) is 97.9 cm³/mol. The van der Waals surface area contributed by atoms with E-state index in [1.165, 1.54) is 5.56 Å². The highest BCUT2D eigenvalue weighted by atomic mass is 16.5. The lowest BCUT2D eigenvalue weighted by Gasteiger charge is -2.32. The Morgan fingerprint density at radius 1 is 1.36 bits per heavy atom. The van der Waals surface area contributed by atoms with Crippen LogP contribution in [0.1, 0.15) is 27.8 Å². The molecule has 2 rings (SSSR count). The Morgan fingerprint density at radius 2 is 2.00 bits per heavy atom. The molecule has 1 atom stereocenters. The smallest absolute Gasteiger partial charge is 0.0966 e. The van der Waals surface area contributed by atoms with Gasteiger partial charge < -0.3 is 9.47 Å². The van der Waals surface area contributed by atoms with Gasteiger partial charge in [-0.25, -0.2) is 0 Å². The minimum absolute atomic E-state index is 0. The zero-order valence-electron chi connectivity index (χ0n) is 14.4. The van der Waals surface area contributed by atoms with Crippen LogP contribution >= 0.6 is 0 Å². The molecular formula is C19H33NO2. The van der Waals surface area contributed by atoms with E-state index in [9.17, 15) is 0 Å². The number of ether oxygens (including phenoxy) is 2. The summed E-state index contributed by atoms with van der Waals surface area (Å²) in [5.41, 5.74) is 1.26. The molecule has 126 valence electrons. The van der Waals surface area contributed by atoms with Crippen LogP contribution in [0.5, 0.6) is 0 Å². The molecule has 0 spiro atoms. The van der Waals surface area contributed by atoms with E-state index < -0.39 is 0 Å². The van der Waals surface area contributed by atoms with Crippen molar-refractivity contribution < 1.29 is 10.9 Å². The van der Waals surface area contributed by atoms with E-state index in [1.807, 2.05) is 51.1 Å². The van der Waals surface area contributed by atoms with Crippen molar-refractivity contribution in [3.63, 3.8) is 0 Å². The van der Waals surface area contributed by atoms with E-state index in [0.717, 1.165) is 13.2 Å². The largest absolute Gasteiger partial charge is 0.381 e. The standard InChI is InChI=1S/C9H10.C8H15NO2.C2H6.H2/c1-2-6-9-7-4-3-5-8-9;1-3-8(9-6-10-2)7-4-11-5-7;1-2;/h2-8H,1H3;3,7-9H,1,4-6H2,2H3;1-2H3;1H/b6-2+;;;. The van der Waals surface area contributed by atoms with Gasteiger partial charge in [-0.1, -0.05) is 62.4 Å². The predicted octanol–water partition coefficient (Wildman–Crippen LogP) is 4.37. The van der Waals surface area contributed by atoms with Gasteiger partial charge in [0, 0.05) is 20.5 Å². The average Bonchev–Trinajstić information content (AvgIpc) is 2.53. The van der Waals surface area contributed by atoms with Gasteiger partial charge in [0.2, 0.25) is 0 Å². The molecule has 1 heterocycles. The van der Waals surface area contributed by atoms with E-state index in [0.29, 0.717) is 18.7 Å². The highest BCUT2D eigenvalue weighted by Crippen LogP contribution is 2.15. The SMILES string of the molecule is C/C=C/c1ccccc1.C=CC(NCOC)C1COC1.CC.[HH]. The summed E-state index contributed by atoms with van der Waals surface area (Å²) in [6.07, 6.45) is 6.03. The monoisotopic (exact) mass is 307 g/mol. The molecule has 0 amide bonds. The summed E-state index contributed by atoms with van der Waals surface area (Å²) in [6.45, 7) is 12.0. The minimum atomic E-state index is 0. The summed E-state index contributed by atoms with van der Waals surface area (Å²) in [6, 6.07) is 10.6. The third-order valence-corrected chi connectivity index (χ3v) is 3.05. The van der Waals surface area contributed by atoms with Crippen LogP contribution < -0.4 is 5.32 Å². The lowest BCUT2D eigenvalue weighted by molar-refractivity contribution is -0.0457. The van der Waals surface area contributed by atoms with Gasteiger partial charge in [0.15, 0.2) is 0 Å². The van der Waals surface area contributed by atoms with Crippen molar-refractivity contribution in [3.8, 4) is 0 Å². The summed E-state index contributed by atoms with van der Waals surface area (Å²) in [7, 11) is 1.67. The van der Waals surface area contributed by atoms with Crippen molar-refractivity contribution in [2.24, 2.45) is 5.92 Å². The lowest BCUT2D eigenvalue weighted by atomic mass is 9.98. The Labute approximate surface area is 137 Å². The third-order valence-electron chi connectivity index (χ3n) is 3.05. The summed E-state index contributed by atoms with van der Waals surface area (Å²) in [4.78, 5) is 0. The molecule has 1 unspecified atom stereocenters. The Balaban J connectivity index is 0. The fraction of sp³-hybridized carbons (Fsp3) is 0.474. The number of allylic oxidation sites excluding steroid dienone is 1. The van der Waals surface area contributed by atoms with Crippen molar-refractivity contribution in [1.82, 2.24) is 5.32 Å². The van der Waals surface area contributed by atoms with Crippen LogP contribution in [0.3, 0.4) is 0 Å². The minimum Gasteiger partial charge on any atom is -0.381 e. The number of rotatable bonds is 6. The topological polar surface area (TPSA) is 30.5 Å². The molecule has 3 heteroatoms. The molecule has 1 aromatic carbocycles. The number of nitrogens with one attached hydrogen (secondary N) is 1. The molecule has 1 N–H and O–H groups in total. The Hall–Kier alpha value is -1.42. The van der Waals surface area contributed by atoms with Gasteiger partial charge in [0.1, 0.15) is 0 Å². The van der Waals surface area contributed by atoms with E-state index in [1.54, 1.807) is 7.11 Å². The fourth-order valence-electron chi connectivity index (χ4n) is 1.84. The summed E-state index contributed by atoms with van der Waals surface area (Å²) >= 11 is 0. The highest BCUT2D eigenvalue weighted by molar-refractivity contribution is 5.47. The number of hydrogen-bond acceptors (Lipinski definition) is 3. The molecular weight excluding hydrogens is 274 g/mol. The molecule has 1 fully saturated rings. The van der Waals surface area contributed by atoms with Gasteiger partial charge in [0.25, 0.3) is 0 Å². The maximum Gasteiger partial charge on any atom is 0.0966 e. The van der Waals surface area contributed by atoms with Crippen molar-refractivity contribution >= 4 is 6.08 Å². The van der Waals surface area contributed by atoms with E-state index >= 15 is 0 Å². The van der Waals surface area contributed by atoms with Gasteiger partial charge in [-0.15, -0.1) is 6.58 Å². The van der Waals surface area contributed by atoms with Crippen LogP contribution in [0.15, 0.2) is 49.1 Å². The summed E-state index contributed by atoms with van der Waals surface area (Å²) < 4.78 is 9.96. The molecule has 3 nitrogen and oxygen atoms in total. The molecule has 1 aromatic rings. The van der Waals surface area contributed by atoms with Gasteiger partial charge in [-0.3, -0.25) is 5.32 Å². The Morgan fingerprint density at radius 3 is 2.41 bits per heavy atom. The first-order valence-corrected chi connectivity index (χ1v) is 7.92. The zero-order valence-corrected chi connectivity index (χ0v) is 14.4. The molecule has 1 aliphatic heterocycles. The molecule has 0 radical (unpaired) electrons. The van der Waals surface area contributed by atoms with Crippen LogP contribution in [0.25, 0.3) is 6.08 Å². The van der Waals surface area contributed by atoms with Gasteiger partial charge >= 0.3 is 0 Å². The Bertz CT molecular complexity index is 392. The van der Waals surface area contributed by atoms with Crippen LogP contribution in [0.4, 0.5) is 0 Å². The second-order valence-corrected chi connectivity index (χ2v) is 4.61. The molecule has 22 heavy (non-hydrogen) atoms. The number of hydrogen-bond donors (Lipinski definition) is 1. The van der Waals surface area contributed by atoms with Gasteiger partial charge in [-0.05, 0) is 12.5 Å². The van der Waals surface area contributed by atoms with E-state index in [-0.39, 0.29) is 1.43 Å². The first-order valence-electron chi connectivity index (χ1n) is 7.92.